The van der Waals surface area contributed by atoms with Crippen molar-refractivity contribution in [2.75, 3.05) is 26.4 Å². The third-order valence-corrected chi connectivity index (χ3v) is 10.2. The van der Waals surface area contributed by atoms with Crippen LogP contribution in [-0.4, -0.2) is 109 Å². The Bertz CT molecular complexity index is 2580. The Morgan fingerprint density at radius 1 is 0.537 bits per heavy atom. The lowest BCUT2D eigenvalue weighted by molar-refractivity contribution is -0.142. The van der Waals surface area contributed by atoms with E-state index in [9.17, 15) is 58.2 Å². The average molecular weight is 921 g/mol. The van der Waals surface area contributed by atoms with E-state index >= 15 is 0 Å². The van der Waals surface area contributed by atoms with E-state index < -0.39 is 113 Å². The van der Waals surface area contributed by atoms with Crippen LogP contribution >= 0.6 is 0 Å². The fourth-order valence-electron chi connectivity index (χ4n) is 6.57. The molecule has 2 heterocycles. The standard InChI is InChI=1S/C47H36O20/c1-5-37(48)62-21-27(64-41(54)31-17-35-33(15-29(31)39(50)51)43(56)66-45(35)58)19-60-25-11-7-23(8-12-25)47(3,4)24-9-13-26(14-10-24)61-20-28(22-63-38(49)6-2)65-42(55)32-18-36-34(16-30(32)40(52)53)44(57)67-46(36)59/h5-18,27-28H,1-2,19-22H2,3-4H3,(H,50,51)(H,52,53). The van der Waals surface area contributed by atoms with Crippen LogP contribution in [0, 0.1) is 0 Å². The molecule has 0 bridgehead atoms. The van der Waals surface area contributed by atoms with Crippen molar-refractivity contribution in [3.8, 4) is 11.5 Å². The molecule has 0 fully saturated rings. The molecule has 0 radical (unpaired) electrons. The number of rotatable bonds is 20. The number of fused-ring (bicyclic) bond motifs is 2. The topological polar surface area (TPSA) is 285 Å². The number of hydrogen-bond donors (Lipinski definition) is 2. The maximum Gasteiger partial charge on any atom is 0.346 e. The van der Waals surface area contributed by atoms with Gasteiger partial charge in [0, 0.05) is 17.6 Å². The molecule has 0 aliphatic carbocycles. The minimum atomic E-state index is -1.60. The quantitative estimate of drug-likeness (QED) is 0.0526. The van der Waals surface area contributed by atoms with E-state index in [2.05, 4.69) is 22.6 Å². The van der Waals surface area contributed by atoms with Crippen molar-refractivity contribution in [3.05, 3.63) is 154 Å². The zero-order valence-electron chi connectivity index (χ0n) is 35.2. The zero-order valence-corrected chi connectivity index (χ0v) is 35.2. The van der Waals surface area contributed by atoms with E-state index in [1.807, 2.05) is 13.8 Å². The molecule has 67 heavy (non-hydrogen) atoms. The summed E-state index contributed by atoms with van der Waals surface area (Å²) in [6.07, 6.45) is -0.848. The first-order valence-corrected chi connectivity index (χ1v) is 19.6. The van der Waals surface area contributed by atoms with Crippen molar-refractivity contribution in [1.82, 2.24) is 0 Å². The molecule has 2 atom stereocenters. The largest absolute Gasteiger partial charge is 0.490 e. The summed E-state index contributed by atoms with van der Waals surface area (Å²) in [4.78, 5) is 122. The molecule has 344 valence electrons. The molecule has 4 aromatic carbocycles. The SMILES string of the molecule is C=CC(=O)OCC(COc1ccc(C(C)(C)c2ccc(OCC(COC(=O)C=C)OC(=O)c3cc4c(cc3C(=O)O)C(=O)OC4=O)cc2)cc1)OC(=O)c1cc2c(cc1C(=O)O)C(=O)OC2=O. The van der Waals surface area contributed by atoms with Crippen LogP contribution in [0.1, 0.15) is 108 Å². The fraction of sp³-hybridized carbons (Fsp3) is 0.191. The number of carboxylic acid groups (broad SMARTS) is 2. The van der Waals surface area contributed by atoms with Gasteiger partial charge in [-0.05, 0) is 59.7 Å². The van der Waals surface area contributed by atoms with Crippen LogP contribution < -0.4 is 9.47 Å². The summed E-state index contributed by atoms with van der Waals surface area (Å²) in [6, 6.07) is 17.0. The van der Waals surface area contributed by atoms with Crippen molar-refractivity contribution in [1.29, 1.82) is 0 Å². The maximum absolute atomic E-state index is 13.3. The Hall–Kier alpha value is -8.94. The molecule has 2 N–H and O–H groups in total. The second-order valence-corrected chi connectivity index (χ2v) is 14.9. The molecular weight excluding hydrogens is 884 g/mol. The molecule has 0 amide bonds. The van der Waals surface area contributed by atoms with Crippen LogP contribution in [0.2, 0.25) is 0 Å². The number of ether oxygens (including phenoxy) is 8. The van der Waals surface area contributed by atoms with Crippen molar-refractivity contribution in [2.45, 2.75) is 31.5 Å². The van der Waals surface area contributed by atoms with Gasteiger partial charge in [0.15, 0.2) is 12.2 Å². The number of esters is 8. The van der Waals surface area contributed by atoms with Gasteiger partial charge in [-0.1, -0.05) is 51.3 Å². The van der Waals surface area contributed by atoms with Crippen molar-refractivity contribution in [3.63, 3.8) is 0 Å². The second kappa shape index (κ2) is 19.8. The second-order valence-electron chi connectivity index (χ2n) is 14.9. The van der Waals surface area contributed by atoms with Crippen molar-refractivity contribution >= 4 is 59.7 Å². The summed E-state index contributed by atoms with van der Waals surface area (Å²) < 4.78 is 41.8. The molecule has 20 heteroatoms. The molecule has 6 rings (SSSR count). The fourth-order valence-corrected chi connectivity index (χ4v) is 6.57. The van der Waals surface area contributed by atoms with Gasteiger partial charge in [0.05, 0.1) is 44.5 Å². The molecule has 2 aliphatic rings. The minimum Gasteiger partial charge on any atom is -0.490 e. The van der Waals surface area contributed by atoms with Crippen LogP contribution in [0.3, 0.4) is 0 Å². The summed E-state index contributed by atoms with van der Waals surface area (Å²) in [7, 11) is 0. The lowest BCUT2D eigenvalue weighted by Gasteiger charge is -2.27. The van der Waals surface area contributed by atoms with Gasteiger partial charge in [-0.3, -0.25) is 0 Å². The van der Waals surface area contributed by atoms with Crippen molar-refractivity contribution < 1.29 is 96.1 Å². The molecular formula is C47H36O20. The highest BCUT2D eigenvalue weighted by molar-refractivity contribution is 6.18. The number of cyclic esters (lactones) is 4. The monoisotopic (exact) mass is 920 g/mol. The van der Waals surface area contributed by atoms with Gasteiger partial charge in [-0.25, -0.2) is 47.9 Å². The minimum absolute atomic E-state index is 0.298. The molecule has 0 spiro atoms. The highest BCUT2D eigenvalue weighted by Crippen LogP contribution is 2.34. The summed E-state index contributed by atoms with van der Waals surface area (Å²) in [5.41, 5.74) is -2.76. The Morgan fingerprint density at radius 2 is 0.851 bits per heavy atom. The summed E-state index contributed by atoms with van der Waals surface area (Å²) in [6.45, 7) is 8.67. The number of aromatic carboxylic acids is 2. The van der Waals surface area contributed by atoms with E-state index in [0.717, 1.165) is 47.5 Å². The highest BCUT2D eigenvalue weighted by Gasteiger charge is 2.36. The van der Waals surface area contributed by atoms with E-state index in [0.29, 0.717) is 11.5 Å². The lowest BCUT2D eigenvalue weighted by atomic mass is 9.78. The summed E-state index contributed by atoms with van der Waals surface area (Å²) >= 11 is 0. The third-order valence-electron chi connectivity index (χ3n) is 10.2. The van der Waals surface area contributed by atoms with Gasteiger partial charge in [-0.15, -0.1) is 0 Å². The number of carboxylic acids is 2. The molecule has 0 saturated carbocycles. The average Bonchev–Trinajstić information content (AvgIpc) is 3.76. The van der Waals surface area contributed by atoms with E-state index in [-0.39, 0.29) is 35.5 Å². The number of carbonyl (C=O) groups excluding carboxylic acids is 8. The predicted octanol–water partition coefficient (Wildman–Crippen LogP) is 4.70. The Kier molecular flexibility index (Phi) is 14.1. The van der Waals surface area contributed by atoms with Gasteiger partial charge in [-0.2, -0.15) is 0 Å². The number of carbonyl (C=O) groups is 10. The predicted molar refractivity (Wildman–Crippen MR) is 223 cm³/mol. The smallest absolute Gasteiger partial charge is 0.346 e. The number of hydrogen-bond acceptors (Lipinski definition) is 18. The van der Waals surface area contributed by atoms with Crippen LogP contribution in [0.15, 0.2) is 98.1 Å². The van der Waals surface area contributed by atoms with Crippen LogP contribution in [0.5, 0.6) is 11.5 Å². The van der Waals surface area contributed by atoms with Gasteiger partial charge >= 0.3 is 59.7 Å². The Morgan fingerprint density at radius 3 is 1.15 bits per heavy atom. The third kappa shape index (κ3) is 10.7. The van der Waals surface area contributed by atoms with Crippen LogP contribution in [0.25, 0.3) is 0 Å². The first kappa shape index (κ1) is 47.5. The van der Waals surface area contributed by atoms with Gasteiger partial charge in [0.25, 0.3) is 0 Å². The molecule has 20 nitrogen and oxygen atoms in total. The Balaban J connectivity index is 1.10. The van der Waals surface area contributed by atoms with E-state index in [4.69, 9.17) is 28.4 Å². The Labute approximate surface area is 378 Å². The van der Waals surface area contributed by atoms with Crippen LogP contribution in [0.4, 0.5) is 0 Å². The molecule has 0 saturated heterocycles. The first-order valence-electron chi connectivity index (χ1n) is 19.6. The number of benzene rings is 4. The summed E-state index contributed by atoms with van der Waals surface area (Å²) in [5, 5.41) is 19.4. The molecule has 2 unspecified atom stereocenters. The van der Waals surface area contributed by atoms with Gasteiger partial charge < -0.3 is 48.1 Å². The van der Waals surface area contributed by atoms with Crippen LogP contribution in [-0.2, 0) is 43.4 Å². The van der Waals surface area contributed by atoms with Gasteiger partial charge in [0.2, 0.25) is 0 Å². The lowest BCUT2D eigenvalue weighted by Crippen LogP contribution is -2.31. The zero-order chi connectivity index (χ0) is 48.7. The normalized spacial score (nSPS) is 13.4. The highest BCUT2D eigenvalue weighted by atomic mass is 16.6. The molecule has 4 aromatic rings. The molecule has 0 aromatic heterocycles. The van der Waals surface area contributed by atoms with E-state index in [1.165, 1.54) is 0 Å². The molecule has 2 aliphatic heterocycles. The van der Waals surface area contributed by atoms with Gasteiger partial charge in [0.1, 0.15) is 37.9 Å². The summed E-state index contributed by atoms with van der Waals surface area (Å²) in [5.74, 6) is -11.1. The van der Waals surface area contributed by atoms with E-state index in [1.54, 1.807) is 48.5 Å². The van der Waals surface area contributed by atoms with Crippen molar-refractivity contribution in [2.24, 2.45) is 0 Å². The first-order chi connectivity index (χ1) is 31.8. The maximum atomic E-state index is 13.3.